The third-order valence-electron chi connectivity index (χ3n) is 2.48. The first kappa shape index (κ1) is 13.6. The summed E-state index contributed by atoms with van der Waals surface area (Å²) >= 11 is 0. The van der Waals surface area contributed by atoms with Crippen LogP contribution in [0.1, 0.15) is 11.1 Å². The normalized spacial score (nSPS) is 10.1. The fourth-order valence-electron chi connectivity index (χ4n) is 1.56. The Kier molecular flexibility index (Phi) is 3.69. The zero-order valence-corrected chi connectivity index (χ0v) is 11.2. The van der Waals surface area contributed by atoms with E-state index in [9.17, 15) is 4.79 Å². The Labute approximate surface area is 114 Å². The van der Waals surface area contributed by atoms with E-state index in [-0.39, 0.29) is 17.3 Å². The highest BCUT2D eigenvalue weighted by molar-refractivity contribution is 5.70. The number of H-pyrrole nitrogens is 1. The van der Waals surface area contributed by atoms with Gasteiger partial charge in [0, 0.05) is 12.4 Å². The second-order valence-corrected chi connectivity index (χ2v) is 4.35. The number of anilines is 2. The molecule has 3 heterocycles. The van der Waals surface area contributed by atoms with Crippen molar-refractivity contribution in [3.05, 3.63) is 46.0 Å². The van der Waals surface area contributed by atoms with Crippen molar-refractivity contribution in [3.8, 4) is 0 Å². The number of nitrogens with one attached hydrogen (secondary N) is 1. The lowest BCUT2D eigenvalue weighted by Crippen LogP contribution is -2.10. The molecule has 5 N–H and O–H groups in total. The summed E-state index contributed by atoms with van der Waals surface area (Å²) in [5.74, 6) is 0. The summed E-state index contributed by atoms with van der Waals surface area (Å²) in [4.78, 5) is 21.0. The summed E-state index contributed by atoms with van der Waals surface area (Å²) in [6.45, 7) is 3.81. The zero-order chi connectivity index (χ0) is 14.7. The predicted octanol–water partition coefficient (Wildman–Crippen LogP) is 1.38. The summed E-state index contributed by atoms with van der Waals surface area (Å²) in [5.41, 5.74) is 13.9. The predicted molar refractivity (Wildman–Crippen MR) is 77.2 cm³/mol. The molecule has 0 atom stereocenters. The molecule has 7 nitrogen and oxygen atoms in total. The molecule has 0 aliphatic carbocycles. The average molecular weight is 273 g/mol. The van der Waals surface area contributed by atoms with Gasteiger partial charge in [-0.05, 0) is 37.1 Å². The Bertz CT molecular complexity index is 791. The van der Waals surface area contributed by atoms with Crippen molar-refractivity contribution in [3.63, 3.8) is 0 Å². The van der Waals surface area contributed by atoms with Gasteiger partial charge in [0.15, 0.2) is 0 Å². The molecule has 7 heteroatoms. The molecule has 0 saturated heterocycles. The fourth-order valence-corrected chi connectivity index (χ4v) is 1.56. The van der Waals surface area contributed by atoms with Gasteiger partial charge in [-0.2, -0.15) is 4.98 Å². The van der Waals surface area contributed by atoms with Gasteiger partial charge in [-0.15, -0.1) is 0 Å². The fraction of sp³-hybridized carbons (Fsp3) is 0.154. The third kappa shape index (κ3) is 3.14. The van der Waals surface area contributed by atoms with E-state index in [1.54, 1.807) is 18.5 Å². The highest BCUT2D eigenvalue weighted by atomic mass is 16.4. The van der Waals surface area contributed by atoms with Gasteiger partial charge < -0.3 is 20.9 Å². The summed E-state index contributed by atoms with van der Waals surface area (Å²) in [6.07, 6.45) is 3.34. The summed E-state index contributed by atoms with van der Waals surface area (Å²) in [6, 6.07) is 3.68. The first-order valence-electron chi connectivity index (χ1n) is 5.89. The number of oxazole rings is 1. The molecule has 3 rings (SSSR count). The van der Waals surface area contributed by atoms with Crippen LogP contribution in [0.25, 0.3) is 11.2 Å². The standard InChI is InChI=1S/C7H7N3O.C6H8N2O/c1-4-2-5-6(9-3-4)11-7(8)10-5;1-4-2-5(7)6(9)8-3-4/h2-3H,1H3,(H2,8,10);2-3H,7H2,1H3,(H,8,9). The van der Waals surface area contributed by atoms with Gasteiger partial charge in [0.1, 0.15) is 5.52 Å². The maximum absolute atomic E-state index is 10.6. The molecule has 0 aliphatic rings. The van der Waals surface area contributed by atoms with Crippen LogP contribution in [-0.2, 0) is 0 Å². The maximum atomic E-state index is 10.6. The first-order chi connectivity index (χ1) is 9.45. The van der Waals surface area contributed by atoms with E-state index in [1.807, 2.05) is 19.9 Å². The highest BCUT2D eigenvalue weighted by Gasteiger charge is 2.02. The molecule has 0 amide bonds. The Morgan fingerprint density at radius 1 is 1.20 bits per heavy atom. The van der Waals surface area contributed by atoms with Gasteiger partial charge in [-0.1, -0.05) is 0 Å². The molecule has 0 saturated carbocycles. The highest BCUT2D eigenvalue weighted by Crippen LogP contribution is 2.14. The van der Waals surface area contributed by atoms with Gasteiger partial charge in [-0.25, -0.2) is 4.98 Å². The number of aryl methyl sites for hydroxylation is 2. The number of fused-ring (bicyclic) bond motifs is 1. The molecule has 3 aromatic heterocycles. The molecule has 0 spiro atoms. The number of hydrogen-bond donors (Lipinski definition) is 3. The Balaban J connectivity index is 0.000000151. The number of hydrogen-bond acceptors (Lipinski definition) is 6. The van der Waals surface area contributed by atoms with E-state index < -0.39 is 0 Å². The lowest BCUT2D eigenvalue weighted by Gasteiger charge is -1.91. The van der Waals surface area contributed by atoms with Gasteiger partial charge in [0.05, 0.1) is 5.69 Å². The minimum atomic E-state index is -0.222. The van der Waals surface area contributed by atoms with Crippen molar-refractivity contribution in [2.75, 3.05) is 11.5 Å². The quantitative estimate of drug-likeness (QED) is 0.568. The second kappa shape index (κ2) is 5.43. The molecule has 104 valence electrons. The van der Waals surface area contributed by atoms with Gasteiger partial charge in [0.2, 0.25) is 5.71 Å². The number of nitrogens with two attached hydrogens (primary N) is 2. The van der Waals surface area contributed by atoms with Crippen LogP contribution in [0.5, 0.6) is 0 Å². The van der Waals surface area contributed by atoms with Crippen LogP contribution in [0, 0.1) is 13.8 Å². The lowest BCUT2D eigenvalue weighted by atomic mass is 10.3. The number of nitrogen functional groups attached to an aromatic ring is 2. The van der Waals surface area contributed by atoms with Crippen molar-refractivity contribution in [2.24, 2.45) is 0 Å². The van der Waals surface area contributed by atoms with Gasteiger partial charge in [0.25, 0.3) is 11.6 Å². The van der Waals surface area contributed by atoms with E-state index >= 15 is 0 Å². The Morgan fingerprint density at radius 2 is 1.95 bits per heavy atom. The van der Waals surface area contributed by atoms with Crippen molar-refractivity contribution in [1.82, 2.24) is 15.0 Å². The second-order valence-electron chi connectivity index (χ2n) is 4.35. The maximum Gasteiger partial charge on any atom is 0.294 e. The van der Waals surface area contributed by atoms with Crippen LogP contribution < -0.4 is 17.0 Å². The summed E-state index contributed by atoms with van der Waals surface area (Å²) < 4.78 is 4.98. The van der Waals surface area contributed by atoms with Crippen molar-refractivity contribution in [1.29, 1.82) is 0 Å². The molecule has 0 aliphatic heterocycles. The largest absolute Gasteiger partial charge is 0.405 e. The number of nitrogens with zero attached hydrogens (tertiary/aromatic N) is 2. The van der Waals surface area contributed by atoms with Crippen molar-refractivity contribution < 1.29 is 4.42 Å². The molecular weight excluding hydrogens is 258 g/mol. The van der Waals surface area contributed by atoms with Crippen LogP contribution in [0.15, 0.2) is 33.7 Å². The molecule has 0 aromatic carbocycles. The van der Waals surface area contributed by atoms with Crippen LogP contribution in [0.4, 0.5) is 11.7 Å². The van der Waals surface area contributed by atoms with Crippen LogP contribution in [0.2, 0.25) is 0 Å². The monoisotopic (exact) mass is 273 g/mol. The van der Waals surface area contributed by atoms with Crippen LogP contribution in [-0.4, -0.2) is 15.0 Å². The van der Waals surface area contributed by atoms with E-state index in [1.165, 1.54) is 0 Å². The van der Waals surface area contributed by atoms with E-state index in [4.69, 9.17) is 15.9 Å². The molecule has 0 radical (unpaired) electrons. The summed E-state index contributed by atoms with van der Waals surface area (Å²) in [5, 5.41) is 0. The third-order valence-corrected chi connectivity index (χ3v) is 2.48. The van der Waals surface area contributed by atoms with E-state index in [2.05, 4.69) is 15.0 Å². The van der Waals surface area contributed by atoms with E-state index in [0.717, 1.165) is 11.1 Å². The minimum Gasteiger partial charge on any atom is -0.405 e. The van der Waals surface area contributed by atoms with Gasteiger partial charge >= 0.3 is 0 Å². The molecule has 0 fully saturated rings. The SMILES string of the molecule is Cc1c[nH]c(=O)c(N)c1.Cc1cnc2oc(N)nc2c1. The smallest absolute Gasteiger partial charge is 0.294 e. The van der Waals surface area contributed by atoms with Crippen molar-refractivity contribution >= 4 is 22.9 Å². The van der Waals surface area contributed by atoms with Gasteiger partial charge in [-0.3, -0.25) is 4.79 Å². The van der Waals surface area contributed by atoms with E-state index in [0.29, 0.717) is 11.2 Å². The molecular formula is C13H15N5O2. The Hall–Kier alpha value is -2.83. The zero-order valence-electron chi connectivity index (χ0n) is 11.2. The lowest BCUT2D eigenvalue weighted by molar-refractivity contribution is 0.614. The molecule has 20 heavy (non-hydrogen) atoms. The summed E-state index contributed by atoms with van der Waals surface area (Å²) in [7, 11) is 0. The molecule has 3 aromatic rings. The molecule has 0 bridgehead atoms. The number of aromatic amines is 1. The average Bonchev–Trinajstić information content (AvgIpc) is 2.74. The topological polar surface area (TPSA) is 124 Å². The minimum absolute atomic E-state index is 0.165. The van der Waals surface area contributed by atoms with Crippen LogP contribution in [0.3, 0.4) is 0 Å². The number of rotatable bonds is 0. The van der Waals surface area contributed by atoms with Crippen molar-refractivity contribution in [2.45, 2.75) is 13.8 Å². The molecule has 0 unspecified atom stereocenters. The Morgan fingerprint density at radius 3 is 2.60 bits per heavy atom. The first-order valence-corrected chi connectivity index (χ1v) is 5.89. The van der Waals surface area contributed by atoms with Crippen LogP contribution >= 0.6 is 0 Å². The number of pyridine rings is 2. The number of aromatic nitrogens is 3.